The highest BCUT2D eigenvalue weighted by Crippen LogP contribution is 2.29. The summed E-state index contributed by atoms with van der Waals surface area (Å²) in [7, 11) is 1.61. The van der Waals surface area contributed by atoms with Crippen LogP contribution in [-0.2, 0) is 6.61 Å². The van der Waals surface area contributed by atoms with Crippen molar-refractivity contribution >= 4 is 11.0 Å². The van der Waals surface area contributed by atoms with Crippen LogP contribution < -0.4 is 15.1 Å². The summed E-state index contributed by atoms with van der Waals surface area (Å²) >= 11 is 0. The van der Waals surface area contributed by atoms with Crippen molar-refractivity contribution in [1.82, 2.24) is 15.0 Å². The van der Waals surface area contributed by atoms with Gasteiger partial charge in [0.2, 0.25) is 0 Å². The van der Waals surface area contributed by atoms with Gasteiger partial charge in [-0.1, -0.05) is 17.3 Å². The summed E-state index contributed by atoms with van der Waals surface area (Å²) < 4.78 is 31.5. The van der Waals surface area contributed by atoms with Crippen LogP contribution in [-0.4, -0.2) is 22.1 Å². The maximum absolute atomic E-state index is 13.3. The Morgan fingerprint density at radius 1 is 1.00 bits per heavy atom. The second-order valence-electron chi connectivity index (χ2n) is 7.70. The summed E-state index contributed by atoms with van der Waals surface area (Å²) in [6.07, 6.45) is 1.78. The molecule has 2 aromatic heterocycles. The summed E-state index contributed by atoms with van der Waals surface area (Å²) in [6, 6.07) is 18.5. The Kier molecular flexibility index (Phi) is 5.55. The topological polar surface area (TPSA) is 79.4 Å². The number of fused-ring (bicyclic) bond motifs is 1. The van der Waals surface area contributed by atoms with Crippen molar-refractivity contribution in [3.63, 3.8) is 0 Å². The zero-order valence-corrected chi connectivity index (χ0v) is 18.5. The molecule has 7 nitrogen and oxygen atoms in total. The SMILES string of the molecule is COc1ccc(-n2cc(COc3ccc4c(C)c(-c5ccc(F)cc5)c(=O)oc4c3)nn2)cc1. The molecule has 0 radical (unpaired) electrons. The molecule has 0 spiro atoms. The van der Waals surface area contributed by atoms with E-state index in [0.29, 0.717) is 28.2 Å². The van der Waals surface area contributed by atoms with Crippen molar-refractivity contribution in [3.05, 3.63) is 100 Å². The minimum atomic E-state index is -0.490. The second-order valence-corrected chi connectivity index (χ2v) is 7.70. The lowest BCUT2D eigenvalue weighted by Gasteiger charge is -2.10. The monoisotopic (exact) mass is 457 g/mol. The fourth-order valence-electron chi connectivity index (χ4n) is 3.76. The zero-order valence-electron chi connectivity index (χ0n) is 18.5. The Morgan fingerprint density at radius 3 is 2.47 bits per heavy atom. The number of benzene rings is 3. The predicted octanol–water partition coefficient (Wildman–Crippen LogP) is 5.08. The molecule has 34 heavy (non-hydrogen) atoms. The molecule has 3 aromatic carbocycles. The third kappa shape index (κ3) is 4.13. The lowest BCUT2D eigenvalue weighted by atomic mass is 9.99. The first-order valence-corrected chi connectivity index (χ1v) is 10.5. The first-order valence-electron chi connectivity index (χ1n) is 10.5. The Bertz CT molecular complexity index is 1520. The number of nitrogens with zero attached hydrogens (tertiary/aromatic N) is 3. The van der Waals surface area contributed by atoms with Crippen molar-refractivity contribution in [2.24, 2.45) is 0 Å². The van der Waals surface area contributed by atoms with Gasteiger partial charge in [0, 0.05) is 11.5 Å². The smallest absolute Gasteiger partial charge is 0.344 e. The number of rotatable bonds is 6. The summed E-state index contributed by atoms with van der Waals surface area (Å²) in [5, 5.41) is 9.06. The third-order valence-electron chi connectivity index (χ3n) is 5.54. The summed E-state index contributed by atoms with van der Waals surface area (Å²) in [4.78, 5) is 12.7. The average Bonchev–Trinajstić information content (AvgIpc) is 3.33. The minimum Gasteiger partial charge on any atom is -0.497 e. The summed E-state index contributed by atoms with van der Waals surface area (Å²) in [5.74, 6) is 0.927. The number of hydrogen-bond acceptors (Lipinski definition) is 6. The van der Waals surface area contributed by atoms with E-state index in [0.717, 1.165) is 22.4 Å². The number of ether oxygens (including phenoxy) is 2. The van der Waals surface area contributed by atoms with Crippen LogP contribution in [0.5, 0.6) is 11.5 Å². The van der Waals surface area contributed by atoms with Gasteiger partial charge >= 0.3 is 5.63 Å². The average molecular weight is 457 g/mol. The fraction of sp³-hybridized carbons (Fsp3) is 0.115. The van der Waals surface area contributed by atoms with E-state index in [1.807, 2.05) is 37.3 Å². The zero-order chi connectivity index (χ0) is 23.7. The molecule has 0 aliphatic rings. The third-order valence-corrected chi connectivity index (χ3v) is 5.54. The van der Waals surface area contributed by atoms with E-state index < -0.39 is 5.63 Å². The molecule has 170 valence electrons. The lowest BCUT2D eigenvalue weighted by molar-refractivity contribution is 0.301. The highest BCUT2D eigenvalue weighted by atomic mass is 19.1. The molecule has 0 unspecified atom stereocenters. The normalized spacial score (nSPS) is 11.0. The molecule has 0 saturated heterocycles. The van der Waals surface area contributed by atoms with E-state index in [-0.39, 0.29) is 12.4 Å². The largest absolute Gasteiger partial charge is 0.497 e. The molecule has 0 aliphatic carbocycles. The van der Waals surface area contributed by atoms with Gasteiger partial charge in [0.05, 0.1) is 24.6 Å². The summed E-state index contributed by atoms with van der Waals surface area (Å²) in [5.41, 5.74) is 3.18. The molecule has 0 N–H and O–H groups in total. The Balaban J connectivity index is 1.36. The molecular weight excluding hydrogens is 437 g/mol. The standard InChI is InChI=1S/C26H20FN3O4/c1-16-23-12-11-22(13-24(23)34-26(31)25(16)17-3-5-18(27)6-4-17)33-15-19-14-30(29-28-19)20-7-9-21(32-2)10-8-20/h3-14H,15H2,1-2H3. The van der Waals surface area contributed by atoms with Gasteiger partial charge in [-0.3, -0.25) is 0 Å². The molecule has 0 atom stereocenters. The number of aryl methyl sites for hydroxylation is 1. The molecule has 8 heteroatoms. The maximum Gasteiger partial charge on any atom is 0.344 e. The molecule has 5 rings (SSSR count). The number of methoxy groups -OCH3 is 1. The number of hydrogen-bond donors (Lipinski definition) is 0. The molecule has 0 bridgehead atoms. The van der Waals surface area contributed by atoms with Crippen molar-refractivity contribution in [2.75, 3.05) is 7.11 Å². The highest BCUT2D eigenvalue weighted by molar-refractivity contribution is 5.87. The Labute approximate surface area is 194 Å². The molecule has 0 saturated carbocycles. The molecule has 0 fully saturated rings. The van der Waals surface area contributed by atoms with E-state index >= 15 is 0 Å². The van der Waals surface area contributed by atoms with Crippen molar-refractivity contribution in [2.45, 2.75) is 13.5 Å². The number of halogens is 1. The van der Waals surface area contributed by atoms with Crippen LogP contribution in [0.25, 0.3) is 27.8 Å². The first-order chi connectivity index (χ1) is 16.5. The van der Waals surface area contributed by atoms with Crippen LogP contribution in [0.15, 0.2) is 82.1 Å². The van der Waals surface area contributed by atoms with Crippen LogP contribution >= 0.6 is 0 Å². The molecule has 0 amide bonds. The molecular formula is C26H20FN3O4. The predicted molar refractivity (Wildman–Crippen MR) is 125 cm³/mol. The van der Waals surface area contributed by atoms with Gasteiger partial charge in [-0.05, 0) is 66.6 Å². The van der Waals surface area contributed by atoms with Crippen LogP contribution in [0, 0.1) is 12.7 Å². The van der Waals surface area contributed by atoms with Crippen LogP contribution in [0.1, 0.15) is 11.3 Å². The van der Waals surface area contributed by atoms with Gasteiger partial charge < -0.3 is 13.9 Å². The lowest BCUT2D eigenvalue weighted by Crippen LogP contribution is -2.06. The number of aromatic nitrogens is 3. The van der Waals surface area contributed by atoms with E-state index in [9.17, 15) is 9.18 Å². The maximum atomic E-state index is 13.3. The van der Waals surface area contributed by atoms with Crippen LogP contribution in [0.3, 0.4) is 0 Å². The van der Waals surface area contributed by atoms with Crippen LogP contribution in [0.2, 0.25) is 0 Å². The Morgan fingerprint density at radius 2 is 1.74 bits per heavy atom. The molecule has 2 heterocycles. The van der Waals surface area contributed by atoms with Crippen molar-refractivity contribution in [1.29, 1.82) is 0 Å². The second kappa shape index (κ2) is 8.82. The Hall–Kier alpha value is -4.46. The van der Waals surface area contributed by atoms with Crippen molar-refractivity contribution < 1.29 is 18.3 Å². The quantitative estimate of drug-likeness (QED) is 0.331. The van der Waals surface area contributed by atoms with E-state index in [4.69, 9.17) is 13.9 Å². The highest BCUT2D eigenvalue weighted by Gasteiger charge is 2.14. The van der Waals surface area contributed by atoms with Gasteiger partial charge in [-0.2, -0.15) is 0 Å². The van der Waals surface area contributed by atoms with Gasteiger partial charge in [0.1, 0.15) is 35.2 Å². The molecule has 0 aliphatic heterocycles. The van der Waals surface area contributed by atoms with Gasteiger partial charge in [-0.15, -0.1) is 5.10 Å². The molecule has 5 aromatic rings. The first kappa shape index (κ1) is 21.4. The van der Waals surface area contributed by atoms with Gasteiger partial charge in [-0.25, -0.2) is 13.9 Å². The van der Waals surface area contributed by atoms with Gasteiger partial charge in [0.15, 0.2) is 0 Å². The van der Waals surface area contributed by atoms with Crippen molar-refractivity contribution in [3.8, 4) is 28.3 Å². The van der Waals surface area contributed by atoms with E-state index in [1.54, 1.807) is 42.3 Å². The van der Waals surface area contributed by atoms with Gasteiger partial charge in [0.25, 0.3) is 0 Å². The van der Waals surface area contributed by atoms with E-state index in [2.05, 4.69) is 10.3 Å². The summed E-state index contributed by atoms with van der Waals surface area (Å²) in [6.45, 7) is 2.04. The minimum absolute atomic E-state index is 0.193. The fourth-order valence-corrected chi connectivity index (χ4v) is 3.76. The van der Waals surface area contributed by atoms with Crippen LogP contribution in [0.4, 0.5) is 4.39 Å². The van der Waals surface area contributed by atoms with E-state index in [1.165, 1.54) is 12.1 Å².